The van der Waals surface area contributed by atoms with Crippen molar-refractivity contribution in [1.82, 2.24) is 4.98 Å². The van der Waals surface area contributed by atoms with Crippen molar-refractivity contribution in [2.75, 3.05) is 18.0 Å². The lowest BCUT2D eigenvalue weighted by Gasteiger charge is -2.26. The van der Waals surface area contributed by atoms with Crippen LogP contribution in [0.5, 0.6) is 0 Å². The maximum Gasteiger partial charge on any atom is 0.129 e. The van der Waals surface area contributed by atoms with Crippen molar-refractivity contribution in [3.63, 3.8) is 0 Å². The molecule has 2 aromatic rings. The number of anilines is 1. The van der Waals surface area contributed by atoms with Gasteiger partial charge in [-0.15, -0.1) is 0 Å². The molecule has 0 fully saturated rings. The second-order valence-corrected chi connectivity index (χ2v) is 5.37. The molecule has 1 aromatic carbocycles. The van der Waals surface area contributed by atoms with Crippen LogP contribution in [0.15, 0.2) is 30.3 Å². The Morgan fingerprint density at radius 3 is 2.65 bits per heavy atom. The molecule has 1 heterocycles. The number of hydrogen-bond donors (Lipinski definition) is 1. The summed E-state index contributed by atoms with van der Waals surface area (Å²) in [6.07, 6.45) is 1.16. The Labute approximate surface area is 121 Å². The molecule has 1 atom stereocenters. The Morgan fingerprint density at radius 2 is 2.00 bits per heavy atom. The second-order valence-electron chi connectivity index (χ2n) is 5.37. The molecule has 0 aliphatic rings. The molecular formula is C17H24N2O. The molecule has 2 rings (SSSR count). The Balaban J connectivity index is 2.42. The number of nitrogens with zero attached hydrogens (tertiary/aromatic N) is 2. The molecular weight excluding hydrogens is 248 g/mol. The molecule has 0 saturated carbocycles. The average molecular weight is 272 g/mol. The lowest BCUT2D eigenvalue weighted by atomic mass is 10.1. The highest BCUT2D eigenvalue weighted by molar-refractivity contribution is 5.84. The molecule has 0 radical (unpaired) electrons. The van der Waals surface area contributed by atoms with Gasteiger partial charge in [-0.3, -0.25) is 0 Å². The fourth-order valence-corrected chi connectivity index (χ4v) is 2.41. The zero-order valence-electron chi connectivity index (χ0n) is 12.6. The molecule has 3 heteroatoms. The summed E-state index contributed by atoms with van der Waals surface area (Å²) in [5, 5.41) is 10.6. The maximum atomic E-state index is 9.60. The van der Waals surface area contributed by atoms with Crippen LogP contribution in [0.2, 0.25) is 0 Å². The van der Waals surface area contributed by atoms with Crippen LogP contribution < -0.4 is 4.90 Å². The van der Waals surface area contributed by atoms with Gasteiger partial charge in [-0.05, 0) is 30.5 Å². The van der Waals surface area contributed by atoms with Gasteiger partial charge < -0.3 is 10.0 Å². The van der Waals surface area contributed by atoms with Crippen molar-refractivity contribution in [1.29, 1.82) is 0 Å². The third-order valence-electron chi connectivity index (χ3n) is 3.89. The smallest absolute Gasteiger partial charge is 0.129 e. The van der Waals surface area contributed by atoms with Gasteiger partial charge in [-0.1, -0.05) is 38.5 Å². The van der Waals surface area contributed by atoms with Crippen LogP contribution >= 0.6 is 0 Å². The molecule has 1 N–H and O–H groups in total. The first kappa shape index (κ1) is 14.8. The first-order valence-corrected chi connectivity index (χ1v) is 7.44. The SMILES string of the molecule is CCC(C)CN(CC)c1cc(CO)c2ccccc2n1. The topological polar surface area (TPSA) is 36.4 Å². The normalized spacial score (nSPS) is 12.6. The van der Waals surface area contributed by atoms with Crippen molar-refractivity contribution in [3.8, 4) is 0 Å². The maximum absolute atomic E-state index is 9.60. The summed E-state index contributed by atoms with van der Waals surface area (Å²) in [7, 11) is 0. The van der Waals surface area contributed by atoms with E-state index >= 15 is 0 Å². The van der Waals surface area contributed by atoms with E-state index in [2.05, 4.69) is 25.7 Å². The highest BCUT2D eigenvalue weighted by atomic mass is 16.3. The summed E-state index contributed by atoms with van der Waals surface area (Å²) < 4.78 is 0. The fourth-order valence-electron chi connectivity index (χ4n) is 2.41. The van der Waals surface area contributed by atoms with Crippen LogP contribution in [0.3, 0.4) is 0 Å². The van der Waals surface area contributed by atoms with E-state index in [1.807, 2.05) is 30.3 Å². The number of pyridine rings is 1. The first-order chi connectivity index (χ1) is 9.69. The van der Waals surface area contributed by atoms with E-state index in [1.165, 1.54) is 0 Å². The minimum atomic E-state index is 0.0525. The van der Waals surface area contributed by atoms with Crippen molar-refractivity contribution in [2.24, 2.45) is 5.92 Å². The highest BCUT2D eigenvalue weighted by Gasteiger charge is 2.12. The van der Waals surface area contributed by atoms with Crippen LogP contribution in [-0.2, 0) is 6.61 Å². The average Bonchev–Trinajstić information content (AvgIpc) is 2.51. The molecule has 0 amide bonds. The van der Waals surface area contributed by atoms with Crippen LogP contribution in [0.25, 0.3) is 10.9 Å². The van der Waals surface area contributed by atoms with Crippen LogP contribution in [0.4, 0.5) is 5.82 Å². The van der Waals surface area contributed by atoms with Gasteiger partial charge in [-0.25, -0.2) is 4.98 Å². The number of fused-ring (bicyclic) bond motifs is 1. The van der Waals surface area contributed by atoms with Gasteiger partial charge in [0, 0.05) is 18.5 Å². The van der Waals surface area contributed by atoms with Gasteiger partial charge in [0.1, 0.15) is 5.82 Å². The van der Waals surface area contributed by atoms with Gasteiger partial charge in [-0.2, -0.15) is 0 Å². The molecule has 0 bridgehead atoms. The molecule has 3 nitrogen and oxygen atoms in total. The number of hydrogen-bond acceptors (Lipinski definition) is 3. The summed E-state index contributed by atoms with van der Waals surface area (Å²) in [5.74, 6) is 1.61. The third-order valence-corrected chi connectivity index (χ3v) is 3.89. The van der Waals surface area contributed by atoms with Gasteiger partial charge >= 0.3 is 0 Å². The second kappa shape index (κ2) is 6.71. The van der Waals surface area contributed by atoms with Crippen molar-refractivity contribution in [2.45, 2.75) is 33.8 Å². The Morgan fingerprint density at radius 1 is 1.25 bits per heavy atom. The summed E-state index contributed by atoms with van der Waals surface area (Å²) in [6, 6.07) is 10.0. The van der Waals surface area contributed by atoms with E-state index < -0.39 is 0 Å². The first-order valence-electron chi connectivity index (χ1n) is 7.44. The van der Waals surface area contributed by atoms with Crippen molar-refractivity contribution in [3.05, 3.63) is 35.9 Å². The highest BCUT2D eigenvalue weighted by Crippen LogP contribution is 2.23. The minimum absolute atomic E-state index is 0.0525. The number of para-hydroxylation sites is 1. The summed E-state index contributed by atoms with van der Waals surface area (Å²) >= 11 is 0. The zero-order chi connectivity index (χ0) is 14.5. The Hall–Kier alpha value is -1.61. The monoisotopic (exact) mass is 272 g/mol. The van der Waals surface area contributed by atoms with Crippen molar-refractivity contribution >= 4 is 16.7 Å². The van der Waals surface area contributed by atoms with E-state index in [9.17, 15) is 5.11 Å². The van der Waals surface area contributed by atoms with Gasteiger partial charge in [0.15, 0.2) is 0 Å². The van der Waals surface area contributed by atoms with E-state index in [0.29, 0.717) is 5.92 Å². The molecule has 1 aromatic heterocycles. The van der Waals surface area contributed by atoms with Crippen molar-refractivity contribution < 1.29 is 5.11 Å². The van der Waals surface area contributed by atoms with Crippen LogP contribution in [0.1, 0.15) is 32.8 Å². The number of aliphatic hydroxyl groups is 1. The lowest BCUT2D eigenvalue weighted by Crippen LogP contribution is -2.29. The minimum Gasteiger partial charge on any atom is -0.392 e. The molecule has 108 valence electrons. The predicted molar refractivity (Wildman–Crippen MR) is 85.0 cm³/mol. The molecule has 0 aliphatic heterocycles. The van der Waals surface area contributed by atoms with Crippen LogP contribution in [-0.4, -0.2) is 23.2 Å². The van der Waals surface area contributed by atoms with E-state index in [-0.39, 0.29) is 6.61 Å². The third kappa shape index (κ3) is 3.10. The largest absolute Gasteiger partial charge is 0.392 e. The number of benzene rings is 1. The molecule has 0 spiro atoms. The van der Waals surface area contributed by atoms with Gasteiger partial charge in [0.05, 0.1) is 12.1 Å². The number of aromatic nitrogens is 1. The summed E-state index contributed by atoms with van der Waals surface area (Å²) in [6.45, 7) is 8.61. The van der Waals surface area contributed by atoms with E-state index in [1.54, 1.807) is 0 Å². The standard InChI is InChI=1S/C17H24N2O/c1-4-13(3)11-19(5-2)17-10-14(12-20)15-8-6-7-9-16(15)18-17/h6-10,13,20H,4-5,11-12H2,1-3H3. The summed E-state index contributed by atoms with van der Waals surface area (Å²) in [4.78, 5) is 7.05. The lowest BCUT2D eigenvalue weighted by molar-refractivity contribution is 0.283. The van der Waals surface area contributed by atoms with Crippen LogP contribution in [0, 0.1) is 5.92 Å². The Kier molecular flexibility index (Phi) is 4.96. The number of rotatable bonds is 6. The molecule has 20 heavy (non-hydrogen) atoms. The van der Waals surface area contributed by atoms with Gasteiger partial charge in [0.2, 0.25) is 0 Å². The molecule has 0 saturated heterocycles. The summed E-state index contributed by atoms with van der Waals surface area (Å²) in [5.41, 5.74) is 1.91. The van der Waals surface area contributed by atoms with Gasteiger partial charge in [0.25, 0.3) is 0 Å². The zero-order valence-corrected chi connectivity index (χ0v) is 12.6. The van der Waals surface area contributed by atoms with E-state index in [0.717, 1.165) is 41.8 Å². The quantitative estimate of drug-likeness (QED) is 0.873. The fraction of sp³-hybridized carbons (Fsp3) is 0.471. The van der Waals surface area contributed by atoms with E-state index in [4.69, 9.17) is 4.98 Å². The Bertz CT molecular complexity index is 568. The predicted octanol–water partition coefficient (Wildman–Crippen LogP) is 3.60. The number of aliphatic hydroxyl groups excluding tert-OH is 1. The molecule has 1 unspecified atom stereocenters. The molecule has 0 aliphatic carbocycles.